The second kappa shape index (κ2) is 7.09. The van der Waals surface area contributed by atoms with Gasteiger partial charge in [-0.3, -0.25) is 9.59 Å². The number of nitrogens with one attached hydrogen (secondary N) is 1. The number of hydrogen-bond acceptors (Lipinski definition) is 5. The molecule has 1 heterocycles. The summed E-state index contributed by atoms with van der Waals surface area (Å²) in [5.74, 6) is -0.995. The van der Waals surface area contributed by atoms with Gasteiger partial charge in [-0.25, -0.2) is 4.79 Å². The summed E-state index contributed by atoms with van der Waals surface area (Å²) in [6, 6.07) is 9.98. The van der Waals surface area contributed by atoms with Gasteiger partial charge in [0.15, 0.2) is 5.78 Å². The van der Waals surface area contributed by atoms with Crippen molar-refractivity contribution in [3.05, 3.63) is 63.4 Å². The monoisotopic (exact) mass is 317 g/mol. The van der Waals surface area contributed by atoms with Crippen LogP contribution >= 0.6 is 11.8 Å². The quantitative estimate of drug-likeness (QED) is 0.521. The Hall–Kier alpha value is -2.34. The Labute approximate surface area is 131 Å². The van der Waals surface area contributed by atoms with Gasteiger partial charge in [-0.15, -0.1) is 11.8 Å². The van der Waals surface area contributed by atoms with E-state index in [-0.39, 0.29) is 23.5 Å². The predicted molar refractivity (Wildman–Crippen MR) is 84.7 cm³/mol. The molecule has 6 heteroatoms. The third-order valence-electron chi connectivity index (χ3n) is 2.99. The molecule has 0 saturated carbocycles. The number of ether oxygens (including phenoxy) is 1. The average molecular weight is 317 g/mol. The summed E-state index contributed by atoms with van der Waals surface area (Å²) in [5.41, 5.74) is 0.0346. The molecule has 0 bridgehead atoms. The molecule has 2 rings (SSSR count). The maximum absolute atomic E-state index is 12.6. The zero-order valence-electron chi connectivity index (χ0n) is 12.2. The second-order valence-electron chi connectivity index (χ2n) is 4.37. The van der Waals surface area contributed by atoms with Crippen LogP contribution in [0, 0.1) is 0 Å². The van der Waals surface area contributed by atoms with Crippen LogP contribution in [0.1, 0.15) is 33.2 Å². The third kappa shape index (κ3) is 3.28. The number of aromatic nitrogens is 1. The Balaban J connectivity index is 2.54. The number of H-pyrrole nitrogens is 1. The van der Waals surface area contributed by atoms with Crippen LogP contribution in [0.15, 0.2) is 46.2 Å². The second-order valence-corrected chi connectivity index (χ2v) is 5.19. The minimum atomic E-state index is -0.737. The zero-order valence-corrected chi connectivity index (χ0v) is 13.0. The van der Waals surface area contributed by atoms with E-state index in [1.807, 2.05) is 6.07 Å². The molecular weight excluding hydrogens is 302 g/mol. The number of benzene rings is 1. The molecule has 5 nitrogen and oxygen atoms in total. The first-order valence-electron chi connectivity index (χ1n) is 6.66. The summed E-state index contributed by atoms with van der Waals surface area (Å²) in [4.78, 5) is 38.9. The highest BCUT2D eigenvalue weighted by Crippen LogP contribution is 2.20. The Kier molecular flexibility index (Phi) is 5.16. The Bertz CT molecular complexity index is 752. The predicted octanol–water partition coefficient (Wildman–Crippen LogP) is 2.50. The molecule has 1 N–H and O–H groups in total. The van der Waals surface area contributed by atoms with E-state index in [9.17, 15) is 14.4 Å². The average Bonchev–Trinajstić information content (AvgIpc) is 2.54. The maximum Gasteiger partial charge on any atom is 0.343 e. The molecule has 1 aromatic heterocycles. The fourth-order valence-electron chi connectivity index (χ4n) is 1.95. The number of thioether (sulfide) groups is 1. The van der Waals surface area contributed by atoms with Gasteiger partial charge in [-0.05, 0) is 19.2 Å². The first kappa shape index (κ1) is 16.0. The highest BCUT2D eigenvalue weighted by Gasteiger charge is 2.20. The van der Waals surface area contributed by atoms with Crippen LogP contribution in [-0.4, -0.2) is 29.6 Å². The van der Waals surface area contributed by atoms with Crippen molar-refractivity contribution in [2.24, 2.45) is 0 Å². The standard InChI is InChI=1S/C16H15NO4S/c1-3-21-16(20)12-9-11(15(22-2)17-14(12)19)13(18)10-7-5-4-6-8-10/h4-9H,3H2,1-2H3,(H,17,19). The summed E-state index contributed by atoms with van der Waals surface area (Å²) < 4.78 is 4.85. The van der Waals surface area contributed by atoms with Crippen molar-refractivity contribution in [1.29, 1.82) is 0 Å². The fourth-order valence-corrected chi connectivity index (χ4v) is 2.51. The van der Waals surface area contributed by atoms with Crippen LogP contribution in [0.3, 0.4) is 0 Å². The Morgan fingerprint density at radius 3 is 2.45 bits per heavy atom. The lowest BCUT2D eigenvalue weighted by molar-refractivity contribution is 0.0524. The maximum atomic E-state index is 12.6. The molecule has 0 saturated heterocycles. The zero-order chi connectivity index (χ0) is 16.1. The molecule has 22 heavy (non-hydrogen) atoms. The van der Waals surface area contributed by atoms with Gasteiger partial charge in [-0.2, -0.15) is 0 Å². The lowest BCUT2D eigenvalue weighted by atomic mass is 10.0. The van der Waals surface area contributed by atoms with Gasteiger partial charge in [-0.1, -0.05) is 30.3 Å². The van der Waals surface area contributed by atoms with Crippen molar-refractivity contribution in [3.8, 4) is 0 Å². The molecular formula is C16H15NO4S. The molecule has 0 amide bonds. The number of esters is 1. The highest BCUT2D eigenvalue weighted by molar-refractivity contribution is 7.98. The van der Waals surface area contributed by atoms with E-state index >= 15 is 0 Å². The smallest absolute Gasteiger partial charge is 0.343 e. The summed E-state index contributed by atoms with van der Waals surface area (Å²) in [6.07, 6.45) is 1.75. The number of rotatable bonds is 5. The molecule has 0 aliphatic heterocycles. The molecule has 0 unspecified atom stereocenters. The molecule has 114 valence electrons. The van der Waals surface area contributed by atoms with E-state index in [4.69, 9.17) is 4.74 Å². The van der Waals surface area contributed by atoms with Gasteiger partial charge in [0.25, 0.3) is 5.56 Å². The molecule has 0 fully saturated rings. The summed E-state index contributed by atoms with van der Waals surface area (Å²) in [5, 5.41) is 0.423. The number of hydrogen-bond donors (Lipinski definition) is 1. The van der Waals surface area contributed by atoms with E-state index in [1.165, 1.54) is 17.8 Å². The van der Waals surface area contributed by atoms with Crippen LogP contribution in [-0.2, 0) is 4.74 Å². The minimum absolute atomic E-state index is 0.157. The summed E-state index contributed by atoms with van der Waals surface area (Å²) in [7, 11) is 0. The Morgan fingerprint density at radius 2 is 1.86 bits per heavy atom. The van der Waals surface area contributed by atoms with Crippen LogP contribution in [0.4, 0.5) is 0 Å². The largest absolute Gasteiger partial charge is 0.462 e. The summed E-state index contributed by atoms with van der Waals surface area (Å²) in [6.45, 7) is 1.81. The van der Waals surface area contributed by atoms with Crippen molar-refractivity contribution >= 4 is 23.5 Å². The van der Waals surface area contributed by atoms with E-state index in [0.29, 0.717) is 10.6 Å². The van der Waals surface area contributed by atoms with Gasteiger partial charge < -0.3 is 9.72 Å². The van der Waals surface area contributed by atoms with E-state index < -0.39 is 11.5 Å². The van der Waals surface area contributed by atoms with Gasteiger partial charge in [0.2, 0.25) is 0 Å². The minimum Gasteiger partial charge on any atom is -0.462 e. The van der Waals surface area contributed by atoms with Gasteiger partial charge >= 0.3 is 5.97 Å². The number of aromatic amines is 1. The van der Waals surface area contributed by atoms with Crippen LogP contribution in [0.2, 0.25) is 0 Å². The van der Waals surface area contributed by atoms with E-state index in [0.717, 1.165) is 0 Å². The molecule has 0 aliphatic carbocycles. The highest BCUT2D eigenvalue weighted by atomic mass is 32.2. The van der Waals surface area contributed by atoms with Crippen LogP contribution in [0.25, 0.3) is 0 Å². The first-order chi connectivity index (χ1) is 10.6. The SMILES string of the molecule is CCOC(=O)c1cc(C(=O)c2ccccc2)c(SC)[nH]c1=O. The lowest BCUT2D eigenvalue weighted by Crippen LogP contribution is -2.22. The molecule has 0 spiro atoms. The molecule has 2 aromatic rings. The topological polar surface area (TPSA) is 76.2 Å². The number of ketones is 1. The Morgan fingerprint density at radius 1 is 1.18 bits per heavy atom. The van der Waals surface area contributed by atoms with Gasteiger partial charge in [0.1, 0.15) is 5.56 Å². The van der Waals surface area contributed by atoms with Gasteiger partial charge in [0.05, 0.1) is 17.2 Å². The van der Waals surface area contributed by atoms with Crippen molar-refractivity contribution in [1.82, 2.24) is 4.98 Å². The third-order valence-corrected chi connectivity index (χ3v) is 3.72. The number of pyridine rings is 1. The molecule has 0 aliphatic rings. The molecule has 0 radical (unpaired) electrons. The van der Waals surface area contributed by atoms with Crippen LogP contribution in [0.5, 0.6) is 0 Å². The molecule has 0 atom stereocenters. The van der Waals surface area contributed by atoms with Crippen molar-refractivity contribution in [2.45, 2.75) is 11.9 Å². The van der Waals surface area contributed by atoms with Gasteiger partial charge in [0, 0.05) is 5.56 Å². The fraction of sp³-hybridized carbons (Fsp3) is 0.188. The summed E-state index contributed by atoms with van der Waals surface area (Å²) >= 11 is 1.24. The van der Waals surface area contributed by atoms with E-state index in [2.05, 4.69) is 4.98 Å². The van der Waals surface area contributed by atoms with Crippen LogP contribution < -0.4 is 5.56 Å². The lowest BCUT2D eigenvalue weighted by Gasteiger charge is -2.09. The molecule has 1 aromatic carbocycles. The van der Waals surface area contributed by atoms with Crippen molar-refractivity contribution in [3.63, 3.8) is 0 Å². The van der Waals surface area contributed by atoms with Crippen molar-refractivity contribution in [2.75, 3.05) is 12.9 Å². The van der Waals surface area contributed by atoms with Crippen molar-refractivity contribution < 1.29 is 14.3 Å². The normalized spacial score (nSPS) is 10.3. The van der Waals surface area contributed by atoms with E-state index in [1.54, 1.807) is 37.4 Å². The number of carbonyl (C=O) groups is 2. The first-order valence-corrected chi connectivity index (χ1v) is 7.89. The number of carbonyl (C=O) groups excluding carboxylic acids is 2.